The van der Waals surface area contributed by atoms with Crippen molar-refractivity contribution in [3.8, 4) is 0 Å². The average Bonchev–Trinajstić information content (AvgIpc) is 3.22. The van der Waals surface area contributed by atoms with Gasteiger partial charge in [0.25, 0.3) is 5.91 Å². The predicted molar refractivity (Wildman–Crippen MR) is 122 cm³/mol. The van der Waals surface area contributed by atoms with Crippen molar-refractivity contribution >= 4 is 52.2 Å². The SMILES string of the molecule is CSc1ccc(CNC(=O)CCCc2nnc(C(=O)Nc3cccc(Cl)c3)s2)cc1. The van der Waals surface area contributed by atoms with Crippen molar-refractivity contribution in [2.24, 2.45) is 0 Å². The van der Waals surface area contributed by atoms with Crippen molar-refractivity contribution in [3.05, 3.63) is 69.1 Å². The monoisotopic (exact) mass is 460 g/mol. The number of rotatable bonds is 9. The summed E-state index contributed by atoms with van der Waals surface area (Å²) >= 11 is 8.84. The minimum atomic E-state index is -0.328. The van der Waals surface area contributed by atoms with E-state index in [1.54, 1.807) is 36.0 Å². The Labute approximate surface area is 188 Å². The summed E-state index contributed by atoms with van der Waals surface area (Å²) in [4.78, 5) is 25.5. The number of halogens is 1. The molecule has 0 aliphatic heterocycles. The molecule has 2 N–H and O–H groups in total. The van der Waals surface area contributed by atoms with Gasteiger partial charge in [-0.15, -0.1) is 22.0 Å². The number of aryl methyl sites for hydroxylation is 1. The highest BCUT2D eigenvalue weighted by atomic mass is 35.5. The molecule has 6 nitrogen and oxygen atoms in total. The van der Waals surface area contributed by atoms with Gasteiger partial charge in [-0.1, -0.05) is 41.1 Å². The summed E-state index contributed by atoms with van der Waals surface area (Å²) in [5, 5.41) is 15.2. The lowest BCUT2D eigenvalue weighted by Gasteiger charge is -2.05. The fraction of sp³-hybridized carbons (Fsp3) is 0.238. The van der Waals surface area contributed by atoms with Crippen molar-refractivity contribution in [3.63, 3.8) is 0 Å². The van der Waals surface area contributed by atoms with Gasteiger partial charge in [0.2, 0.25) is 10.9 Å². The molecule has 0 bridgehead atoms. The van der Waals surface area contributed by atoms with Crippen LogP contribution in [0.15, 0.2) is 53.4 Å². The van der Waals surface area contributed by atoms with Crippen molar-refractivity contribution in [2.45, 2.75) is 30.7 Å². The van der Waals surface area contributed by atoms with E-state index in [2.05, 4.69) is 20.8 Å². The summed E-state index contributed by atoms with van der Waals surface area (Å²) in [5.41, 5.74) is 1.67. The number of carbonyl (C=O) groups excluding carboxylic acids is 2. The number of aromatic nitrogens is 2. The predicted octanol–water partition coefficient (Wildman–Crippen LogP) is 4.80. The highest BCUT2D eigenvalue weighted by Gasteiger charge is 2.13. The van der Waals surface area contributed by atoms with Crippen LogP contribution in [0.4, 0.5) is 5.69 Å². The Morgan fingerprint density at radius 1 is 1.13 bits per heavy atom. The number of thioether (sulfide) groups is 1. The van der Waals surface area contributed by atoms with Crippen molar-refractivity contribution in [2.75, 3.05) is 11.6 Å². The Morgan fingerprint density at radius 2 is 1.93 bits per heavy atom. The minimum Gasteiger partial charge on any atom is -0.352 e. The summed E-state index contributed by atoms with van der Waals surface area (Å²) in [5.74, 6) is -0.335. The quantitative estimate of drug-likeness (QED) is 0.448. The first-order valence-corrected chi connectivity index (χ1v) is 11.7. The van der Waals surface area contributed by atoms with E-state index < -0.39 is 0 Å². The topological polar surface area (TPSA) is 84.0 Å². The Morgan fingerprint density at radius 3 is 2.67 bits per heavy atom. The molecular weight excluding hydrogens is 440 g/mol. The first kappa shape index (κ1) is 22.3. The largest absolute Gasteiger partial charge is 0.352 e. The number of anilines is 1. The standard InChI is InChI=1S/C21H21ClN4O2S2/c1-29-17-10-8-14(9-11-17)13-23-18(27)6-3-7-19-25-26-21(30-19)20(28)24-16-5-2-4-15(22)12-16/h2,4-5,8-12H,3,6-7,13H2,1H3,(H,23,27)(H,24,28). The third-order valence-corrected chi connectivity index (χ3v) is 6.15. The molecule has 0 fully saturated rings. The molecule has 30 heavy (non-hydrogen) atoms. The molecule has 0 aliphatic carbocycles. The first-order chi connectivity index (χ1) is 14.5. The average molecular weight is 461 g/mol. The van der Waals surface area contributed by atoms with Gasteiger partial charge in [-0.25, -0.2) is 0 Å². The van der Waals surface area contributed by atoms with Crippen LogP contribution in [0.2, 0.25) is 5.02 Å². The highest BCUT2D eigenvalue weighted by molar-refractivity contribution is 7.98. The number of amides is 2. The number of nitrogens with zero attached hydrogens (tertiary/aromatic N) is 2. The second kappa shape index (κ2) is 11.1. The molecule has 0 aliphatic rings. The van der Waals surface area contributed by atoms with Crippen molar-refractivity contribution in [1.29, 1.82) is 0 Å². The molecule has 0 unspecified atom stereocenters. The van der Waals surface area contributed by atoms with E-state index in [1.165, 1.54) is 16.2 Å². The molecular formula is C21H21ClN4O2S2. The highest BCUT2D eigenvalue weighted by Crippen LogP contribution is 2.18. The third-order valence-electron chi connectivity index (χ3n) is 4.19. The first-order valence-electron chi connectivity index (χ1n) is 9.32. The summed E-state index contributed by atoms with van der Waals surface area (Å²) in [7, 11) is 0. The van der Waals surface area contributed by atoms with E-state index in [9.17, 15) is 9.59 Å². The zero-order chi connectivity index (χ0) is 21.3. The summed E-state index contributed by atoms with van der Waals surface area (Å²) in [6, 6.07) is 15.0. The van der Waals surface area contributed by atoms with E-state index in [-0.39, 0.29) is 16.8 Å². The van der Waals surface area contributed by atoms with Crippen LogP contribution >= 0.6 is 34.7 Å². The number of benzene rings is 2. The maximum atomic E-state index is 12.3. The Bertz CT molecular complexity index is 1010. The third kappa shape index (κ3) is 6.83. The van der Waals surface area contributed by atoms with Crippen LogP contribution in [0.5, 0.6) is 0 Å². The van der Waals surface area contributed by atoms with Crippen LogP contribution in [0.25, 0.3) is 0 Å². The zero-order valence-electron chi connectivity index (χ0n) is 16.4. The van der Waals surface area contributed by atoms with Crippen molar-refractivity contribution in [1.82, 2.24) is 15.5 Å². The molecule has 3 aromatic rings. The maximum absolute atomic E-state index is 12.3. The molecule has 2 aromatic carbocycles. The number of carbonyl (C=O) groups is 2. The summed E-state index contributed by atoms with van der Waals surface area (Å²) in [6.45, 7) is 0.514. The molecule has 0 atom stereocenters. The van der Waals surface area contributed by atoms with E-state index in [4.69, 9.17) is 11.6 Å². The van der Waals surface area contributed by atoms with Crippen LogP contribution < -0.4 is 10.6 Å². The van der Waals surface area contributed by atoms with E-state index in [0.29, 0.717) is 36.5 Å². The van der Waals surface area contributed by atoms with Crippen molar-refractivity contribution < 1.29 is 9.59 Å². The molecule has 9 heteroatoms. The molecule has 1 heterocycles. The lowest BCUT2D eigenvalue weighted by molar-refractivity contribution is -0.121. The number of nitrogens with one attached hydrogen (secondary N) is 2. The summed E-state index contributed by atoms with van der Waals surface area (Å²) < 4.78 is 0. The lowest BCUT2D eigenvalue weighted by Crippen LogP contribution is -2.22. The smallest absolute Gasteiger partial charge is 0.286 e. The molecule has 1 aromatic heterocycles. The van der Waals surface area contributed by atoms with Crippen LogP contribution in [-0.2, 0) is 17.8 Å². The Kier molecular flexibility index (Phi) is 8.24. The number of hydrogen-bond donors (Lipinski definition) is 2. The Hall–Kier alpha value is -2.42. The van der Waals surface area contributed by atoms with Gasteiger partial charge in [-0.3, -0.25) is 9.59 Å². The minimum absolute atomic E-state index is 0.00705. The second-order valence-corrected chi connectivity index (χ2v) is 8.82. The maximum Gasteiger partial charge on any atom is 0.286 e. The van der Waals surface area contributed by atoms with E-state index in [1.807, 2.05) is 30.5 Å². The normalized spacial score (nSPS) is 10.6. The zero-order valence-corrected chi connectivity index (χ0v) is 18.7. The lowest BCUT2D eigenvalue weighted by atomic mass is 10.2. The van der Waals surface area contributed by atoms with Crippen LogP contribution in [0, 0.1) is 0 Å². The van der Waals surface area contributed by atoms with E-state index >= 15 is 0 Å². The van der Waals surface area contributed by atoms with Gasteiger partial charge in [-0.05, 0) is 48.6 Å². The molecule has 0 radical (unpaired) electrons. The van der Waals surface area contributed by atoms with Crippen LogP contribution in [-0.4, -0.2) is 28.3 Å². The van der Waals surface area contributed by atoms with Gasteiger partial charge in [0.15, 0.2) is 0 Å². The summed E-state index contributed by atoms with van der Waals surface area (Å²) in [6.07, 6.45) is 3.66. The van der Waals surface area contributed by atoms with Crippen LogP contribution in [0.1, 0.15) is 33.2 Å². The molecule has 2 amide bonds. The molecule has 0 saturated carbocycles. The second-order valence-electron chi connectivity index (χ2n) is 6.44. The van der Waals surface area contributed by atoms with Crippen LogP contribution in [0.3, 0.4) is 0 Å². The van der Waals surface area contributed by atoms with Gasteiger partial charge in [0, 0.05) is 35.0 Å². The Balaban J connectivity index is 1.40. The van der Waals surface area contributed by atoms with Gasteiger partial charge in [0.1, 0.15) is 5.01 Å². The molecule has 156 valence electrons. The number of hydrogen-bond acceptors (Lipinski definition) is 6. The van der Waals surface area contributed by atoms with E-state index in [0.717, 1.165) is 10.6 Å². The fourth-order valence-corrected chi connectivity index (χ4v) is 4.00. The molecule has 3 rings (SSSR count). The van der Waals surface area contributed by atoms with Gasteiger partial charge < -0.3 is 10.6 Å². The molecule has 0 saturated heterocycles. The van der Waals surface area contributed by atoms with Gasteiger partial charge in [0.05, 0.1) is 0 Å². The van der Waals surface area contributed by atoms with Gasteiger partial charge in [-0.2, -0.15) is 0 Å². The fourth-order valence-electron chi connectivity index (χ4n) is 2.63. The molecule has 0 spiro atoms. The van der Waals surface area contributed by atoms with Gasteiger partial charge >= 0.3 is 0 Å².